The molecule has 23 heavy (non-hydrogen) atoms. The van der Waals surface area contributed by atoms with E-state index in [1.165, 1.54) is 19.4 Å². The first-order chi connectivity index (χ1) is 11.2. The van der Waals surface area contributed by atoms with Crippen LogP contribution in [0.5, 0.6) is 0 Å². The third kappa shape index (κ3) is 4.38. The highest BCUT2D eigenvalue weighted by atomic mass is 32.2. The summed E-state index contributed by atoms with van der Waals surface area (Å²) in [7, 11) is 4.01. The second-order valence-electron chi connectivity index (χ2n) is 5.79. The molecule has 1 atom stereocenters. The van der Waals surface area contributed by atoms with Crippen molar-refractivity contribution in [3.63, 3.8) is 0 Å². The Morgan fingerprint density at radius 1 is 1.35 bits per heavy atom. The minimum absolute atomic E-state index is 0.511. The Kier molecular flexibility index (Phi) is 5.39. The maximum Gasteiger partial charge on any atom is 0.209 e. The van der Waals surface area contributed by atoms with Gasteiger partial charge in [-0.2, -0.15) is 0 Å². The number of tetrazole rings is 1. The van der Waals surface area contributed by atoms with Crippen molar-refractivity contribution < 1.29 is 0 Å². The van der Waals surface area contributed by atoms with Crippen molar-refractivity contribution in [2.24, 2.45) is 7.05 Å². The molecule has 2 aromatic heterocycles. The first kappa shape index (κ1) is 16.1. The summed E-state index contributed by atoms with van der Waals surface area (Å²) < 4.78 is 1.67. The van der Waals surface area contributed by atoms with E-state index in [9.17, 15) is 0 Å². The number of anilines is 1. The molecule has 1 N–H and O–H groups in total. The van der Waals surface area contributed by atoms with Crippen molar-refractivity contribution in [3.8, 4) is 0 Å². The number of aryl methyl sites for hydroxylation is 1. The maximum absolute atomic E-state index is 4.47. The lowest BCUT2D eigenvalue weighted by Gasteiger charge is -2.29. The van der Waals surface area contributed by atoms with E-state index in [1.807, 2.05) is 7.05 Å². The van der Waals surface area contributed by atoms with E-state index < -0.39 is 0 Å². The topological polar surface area (TPSA) is 84.6 Å². The van der Waals surface area contributed by atoms with Crippen LogP contribution in [0.2, 0.25) is 0 Å². The molecule has 1 unspecified atom stereocenters. The molecule has 1 saturated heterocycles. The van der Waals surface area contributed by atoms with Crippen LogP contribution in [0.4, 0.5) is 5.82 Å². The van der Waals surface area contributed by atoms with Crippen molar-refractivity contribution in [1.82, 2.24) is 35.1 Å². The molecule has 0 radical (unpaired) electrons. The third-order valence-corrected chi connectivity index (χ3v) is 4.96. The van der Waals surface area contributed by atoms with Gasteiger partial charge < -0.3 is 10.2 Å². The van der Waals surface area contributed by atoms with E-state index in [1.54, 1.807) is 22.8 Å². The summed E-state index contributed by atoms with van der Waals surface area (Å²) in [6.07, 6.45) is 4.10. The molecule has 0 bridgehead atoms. The number of rotatable bonds is 6. The van der Waals surface area contributed by atoms with Gasteiger partial charge in [0.1, 0.15) is 12.1 Å². The van der Waals surface area contributed by atoms with E-state index >= 15 is 0 Å². The van der Waals surface area contributed by atoms with E-state index in [0.29, 0.717) is 5.92 Å². The Hall–Kier alpha value is -1.74. The minimum atomic E-state index is 0.511. The van der Waals surface area contributed by atoms with E-state index in [4.69, 9.17) is 0 Å². The lowest BCUT2D eigenvalue weighted by Crippen LogP contribution is -2.31. The molecule has 0 aromatic carbocycles. The lowest BCUT2D eigenvalue weighted by atomic mass is 9.95. The molecule has 8 nitrogen and oxygen atoms in total. The average molecular weight is 334 g/mol. The zero-order valence-electron chi connectivity index (χ0n) is 13.5. The Labute approximate surface area is 140 Å². The number of piperidine rings is 1. The van der Waals surface area contributed by atoms with E-state index in [2.05, 4.69) is 48.8 Å². The van der Waals surface area contributed by atoms with Gasteiger partial charge in [0.25, 0.3) is 0 Å². The molecule has 1 fully saturated rings. The fourth-order valence-electron chi connectivity index (χ4n) is 2.77. The smallest absolute Gasteiger partial charge is 0.209 e. The lowest BCUT2D eigenvalue weighted by molar-refractivity contribution is 0.248. The fraction of sp³-hybridized carbons (Fsp3) is 0.643. The van der Waals surface area contributed by atoms with Crippen molar-refractivity contribution in [1.29, 1.82) is 0 Å². The van der Waals surface area contributed by atoms with Crippen LogP contribution in [-0.2, 0) is 7.05 Å². The normalized spacial score (nSPS) is 19.0. The van der Waals surface area contributed by atoms with Crippen molar-refractivity contribution in [2.75, 3.05) is 37.8 Å². The summed E-state index contributed by atoms with van der Waals surface area (Å²) >= 11 is 1.62. The standard InChI is InChI=1S/C14H22N8S/c1-21-6-3-4-11(9-21)12-8-13(17-10-16-12)15-5-7-23-14-18-19-20-22(14)2/h8,10-11H,3-7,9H2,1-2H3,(H,15,16,17). The zero-order chi connectivity index (χ0) is 16.1. The molecule has 1 aliphatic rings. The van der Waals surface area contributed by atoms with Gasteiger partial charge in [0, 0.05) is 37.9 Å². The van der Waals surface area contributed by atoms with E-state index in [0.717, 1.165) is 35.5 Å². The van der Waals surface area contributed by atoms with Crippen molar-refractivity contribution in [2.45, 2.75) is 23.9 Å². The van der Waals surface area contributed by atoms with Gasteiger partial charge in [0.05, 0.1) is 5.69 Å². The van der Waals surface area contributed by atoms with Gasteiger partial charge >= 0.3 is 0 Å². The minimum Gasteiger partial charge on any atom is -0.369 e. The van der Waals surface area contributed by atoms with Crippen LogP contribution in [0.1, 0.15) is 24.5 Å². The monoisotopic (exact) mass is 334 g/mol. The summed E-state index contributed by atoms with van der Waals surface area (Å²) in [5.41, 5.74) is 1.14. The summed E-state index contributed by atoms with van der Waals surface area (Å²) in [4.78, 5) is 11.1. The van der Waals surface area contributed by atoms with Gasteiger partial charge in [-0.15, -0.1) is 5.10 Å². The predicted molar refractivity (Wildman–Crippen MR) is 89.5 cm³/mol. The Morgan fingerprint density at radius 2 is 2.26 bits per heavy atom. The molecule has 3 heterocycles. The summed E-state index contributed by atoms with van der Waals surface area (Å²) in [5.74, 6) is 2.27. The van der Waals surface area contributed by atoms with Gasteiger partial charge in [0.15, 0.2) is 0 Å². The quantitative estimate of drug-likeness (QED) is 0.619. The van der Waals surface area contributed by atoms with Crippen LogP contribution < -0.4 is 5.32 Å². The van der Waals surface area contributed by atoms with Crippen LogP contribution >= 0.6 is 11.8 Å². The Bertz CT molecular complexity index is 631. The van der Waals surface area contributed by atoms with Gasteiger partial charge in [-0.3, -0.25) is 0 Å². The Balaban J connectivity index is 1.50. The first-order valence-electron chi connectivity index (χ1n) is 7.82. The molecule has 0 amide bonds. The number of nitrogens with one attached hydrogen (secondary N) is 1. The highest BCUT2D eigenvalue weighted by molar-refractivity contribution is 7.99. The van der Waals surface area contributed by atoms with Crippen molar-refractivity contribution >= 4 is 17.6 Å². The predicted octanol–water partition coefficient (Wildman–Crippen LogP) is 1.01. The number of hydrogen-bond donors (Lipinski definition) is 1. The molecule has 2 aromatic rings. The third-order valence-electron chi connectivity index (χ3n) is 3.95. The van der Waals surface area contributed by atoms with Gasteiger partial charge in [-0.1, -0.05) is 11.8 Å². The second kappa shape index (κ2) is 7.69. The van der Waals surface area contributed by atoms with Crippen LogP contribution in [0.25, 0.3) is 0 Å². The number of likely N-dealkylation sites (tertiary alicyclic amines) is 1. The number of thioether (sulfide) groups is 1. The van der Waals surface area contributed by atoms with Gasteiger partial charge in [-0.25, -0.2) is 14.6 Å². The van der Waals surface area contributed by atoms with Crippen LogP contribution in [0.3, 0.4) is 0 Å². The molecular formula is C14H22N8S. The molecule has 9 heteroatoms. The van der Waals surface area contributed by atoms with Crippen molar-refractivity contribution in [3.05, 3.63) is 18.1 Å². The average Bonchev–Trinajstić information content (AvgIpc) is 2.97. The fourth-order valence-corrected chi connectivity index (χ4v) is 3.47. The SMILES string of the molecule is CN1CCCC(c2cc(NCCSc3nnnn3C)ncn2)C1. The molecule has 124 valence electrons. The Morgan fingerprint density at radius 3 is 3.04 bits per heavy atom. The number of hydrogen-bond acceptors (Lipinski definition) is 8. The maximum atomic E-state index is 4.47. The molecule has 3 rings (SSSR count). The zero-order valence-corrected chi connectivity index (χ0v) is 14.3. The molecule has 0 saturated carbocycles. The summed E-state index contributed by atoms with van der Waals surface area (Å²) in [6, 6.07) is 2.08. The summed E-state index contributed by atoms with van der Waals surface area (Å²) in [6.45, 7) is 3.06. The highest BCUT2D eigenvalue weighted by Gasteiger charge is 2.20. The number of aromatic nitrogens is 6. The molecule has 1 aliphatic heterocycles. The number of nitrogens with zero attached hydrogens (tertiary/aromatic N) is 7. The van der Waals surface area contributed by atoms with Crippen LogP contribution in [-0.4, -0.2) is 67.5 Å². The first-order valence-corrected chi connectivity index (χ1v) is 8.80. The molecule has 0 aliphatic carbocycles. The van der Waals surface area contributed by atoms with Gasteiger partial charge in [-0.05, 0) is 36.9 Å². The van der Waals surface area contributed by atoms with E-state index in [-0.39, 0.29) is 0 Å². The second-order valence-corrected chi connectivity index (χ2v) is 6.85. The molecular weight excluding hydrogens is 312 g/mol. The van der Waals surface area contributed by atoms with Crippen LogP contribution in [0.15, 0.2) is 17.6 Å². The van der Waals surface area contributed by atoms with Crippen LogP contribution in [0, 0.1) is 0 Å². The number of likely N-dealkylation sites (N-methyl/N-ethyl adjacent to an activating group) is 1. The molecule has 0 spiro atoms. The largest absolute Gasteiger partial charge is 0.369 e. The summed E-state index contributed by atoms with van der Waals surface area (Å²) in [5, 5.41) is 15.6. The highest BCUT2D eigenvalue weighted by Crippen LogP contribution is 2.25. The van der Waals surface area contributed by atoms with Gasteiger partial charge in [0.2, 0.25) is 5.16 Å².